The average molecular weight is 278 g/mol. The Kier molecular flexibility index (Phi) is 3.42. The third kappa shape index (κ3) is 2.39. The van der Waals surface area contributed by atoms with Gasteiger partial charge in [0.05, 0.1) is 0 Å². The molecular formula is C18H14O3. The molecular weight excluding hydrogens is 264 g/mol. The number of hydrogen-bond donors (Lipinski definition) is 2. The van der Waals surface area contributed by atoms with E-state index >= 15 is 0 Å². The third-order valence-electron chi connectivity index (χ3n) is 3.53. The number of phenols is 1. The van der Waals surface area contributed by atoms with E-state index in [2.05, 4.69) is 0 Å². The van der Waals surface area contributed by atoms with E-state index in [1.807, 2.05) is 12.1 Å². The Morgan fingerprint density at radius 1 is 0.857 bits per heavy atom. The summed E-state index contributed by atoms with van der Waals surface area (Å²) in [5, 5.41) is 22.1. The molecule has 3 aromatic rings. The van der Waals surface area contributed by atoms with E-state index in [4.69, 9.17) is 0 Å². The Morgan fingerprint density at radius 3 is 2.29 bits per heavy atom. The van der Waals surface area contributed by atoms with Crippen LogP contribution in [0, 0.1) is 0 Å². The van der Waals surface area contributed by atoms with Crippen LogP contribution in [0.5, 0.6) is 5.75 Å². The predicted octanol–water partition coefficient (Wildman–Crippen LogP) is 3.46. The Morgan fingerprint density at radius 2 is 1.52 bits per heavy atom. The molecule has 0 spiro atoms. The highest BCUT2D eigenvalue weighted by atomic mass is 16.3. The number of hydrogen-bond acceptors (Lipinski definition) is 3. The maximum Gasteiger partial charge on any atom is 0.195 e. The Bertz CT molecular complexity index is 794. The number of aromatic hydroxyl groups is 1. The van der Waals surface area contributed by atoms with Crippen LogP contribution in [-0.4, -0.2) is 16.0 Å². The molecule has 0 saturated carbocycles. The van der Waals surface area contributed by atoms with Gasteiger partial charge in [0, 0.05) is 16.5 Å². The zero-order valence-corrected chi connectivity index (χ0v) is 11.2. The number of carbonyl (C=O) groups excluding carboxylic acids is 1. The number of aliphatic hydroxyl groups is 1. The number of carbonyl (C=O) groups is 1. The van der Waals surface area contributed by atoms with E-state index in [0.717, 1.165) is 5.39 Å². The molecule has 0 unspecified atom stereocenters. The summed E-state index contributed by atoms with van der Waals surface area (Å²) in [5.41, 5.74) is 0.639. The molecule has 0 bridgehead atoms. The topological polar surface area (TPSA) is 57.5 Å². The van der Waals surface area contributed by atoms with Crippen LogP contribution < -0.4 is 0 Å². The summed E-state index contributed by atoms with van der Waals surface area (Å²) in [5.74, 6) is -0.480. The van der Waals surface area contributed by atoms with E-state index in [-0.39, 0.29) is 11.3 Å². The molecule has 2 N–H and O–H groups in total. The van der Waals surface area contributed by atoms with Crippen molar-refractivity contribution >= 4 is 16.6 Å². The second-order valence-corrected chi connectivity index (χ2v) is 4.86. The first-order valence-electron chi connectivity index (χ1n) is 6.66. The first-order chi connectivity index (χ1) is 10.2. The van der Waals surface area contributed by atoms with Gasteiger partial charge in [-0.3, -0.25) is 4.79 Å². The molecule has 0 fully saturated rings. The Balaban J connectivity index is 2.04. The van der Waals surface area contributed by atoms with Crippen LogP contribution in [0.25, 0.3) is 10.8 Å². The second kappa shape index (κ2) is 5.38. The summed E-state index contributed by atoms with van der Waals surface area (Å²) in [6.07, 6.45) is -1.38. The van der Waals surface area contributed by atoms with Gasteiger partial charge in [-0.2, -0.15) is 0 Å². The number of aliphatic hydroxyl groups excluding tert-OH is 1. The molecule has 0 aromatic heterocycles. The second-order valence-electron chi connectivity index (χ2n) is 4.86. The number of Topliss-reactive ketones (excluding diaryl/α,β-unsaturated/α-hetero) is 1. The van der Waals surface area contributed by atoms with Gasteiger partial charge in [0.25, 0.3) is 0 Å². The van der Waals surface area contributed by atoms with Crippen molar-refractivity contribution in [2.24, 2.45) is 0 Å². The standard InChI is InChI=1S/C18H14O3/c19-16(13-7-2-1-3-8-13)18(21)15-11-10-12-6-4-5-9-14(12)17(15)20/h1-11,18,20-21H/t18-/m1/s1. The van der Waals surface area contributed by atoms with Crippen molar-refractivity contribution in [2.45, 2.75) is 6.10 Å². The predicted molar refractivity (Wildman–Crippen MR) is 81.3 cm³/mol. The zero-order valence-electron chi connectivity index (χ0n) is 11.2. The lowest BCUT2D eigenvalue weighted by atomic mass is 9.96. The van der Waals surface area contributed by atoms with Gasteiger partial charge < -0.3 is 10.2 Å². The molecule has 1 atom stereocenters. The van der Waals surface area contributed by atoms with Crippen LogP contribution in [0.15, 0.2) is 66.7 Å². The maximum absolute atomic E-state index is 12.3. The molecule has 3 rings (SSSR count). The highest BCUT2D eigenvalue weighted by Crippen LogP contribution is 2.33. The minimum Gasteiger partial charge on any atom is -0.507 e. The minimum atomic E-state index is -1.38. The number of ketones is 1. The summed E-state index contributed by atoms with van der Waals surface area (Å²) >= 11 is 0. The molecule has 0 heterocycles. The molecule has 0 aliphatic carbocycles. The SMILES string of the molecule is O=C(c1ccccc1)[C@H](O)c1ccc2ccccc2c1O. The number of rotatable bonds is 3. The molecule has 0 aliphatic rings. The van der Waals surface area contributed by atoms with E-state index in [0.29, 0.717) is 10.9 Å². The zero-order chi connectivity index (χ0) is 14.8. The van der Waals surface area contributed by atoms with Crippen LogP contribution in [0.3, 0.4) is 0 Å². The van der Waals surface area contributed by atoms with Crippen molar-refractivity contribution in [3.8, 4) is 5.75 Å². The number of benzene rings is 3. The molecule has 104 valence electrons. The fourth-order valence-corrected chi connectivity index (χ4v) is 2.39. The van der Waals surface area contributed by atoms with Crippen LogP contribution in [-0.2, 0) is 0 Å². The number of fused-ring (bicyclic) bond motifs is 1. The Labute approximate surface area is 122 Å². The van der Waals surface area contributed by atoms with Crippen molar-refractivity contribution in [2.75, 3.05) is 0 Å². The van der Waals surface area contributed by atoms with Gasteiger partial charge in [0.15, 0.2) is 5.78 Å². The quantitative estimate of drug-likeness (QED) is 0.721. The van der Waals surface area contributed by atoms with Gasteiger partial charge in [-0.15, -0.1) is 0 Å². The highest BCUT2D eigenvalue weighted by molar-refractivity contribution is 6.01. The monoisotopic (exact) mass is 278 g/mol. The Hall–Kier alpha value is -2.65. The van der Waals surface area contributed by atoms with Crippen molar-refractivity contribution in [1.82, 2.24) is 0 Å². The minimum absolute atomic E-state index is 0.0510. The number of phenolic OH excluding ortho intramolecular Hbond substituents is 1. The van der Waals surface area contributed by atoms with Crippen molar-refractivity contribution in [3.05, 3.63) is 77.9 Å². The summed E-state index contributed by atoms with van der Waals surface area (Å²) in [6.45, 7) is 0. The van der Waals surface area contributed by atoms with Crippen molar-refractivity contribution in [1.29, 1.82) is 0 Å². The fourth-order valence-electron chi connectivity index (χ4n) is 2.39. The third-order valence-corrected chi connectivity index (χ3v) is 3.53. The molecule has 21 heavy (non-hydrogen) atoms. The molecule has 0 saturated heterocycles. The van der Waals surface area contributed by atoms with Crippen molar-refractivity contribution < 1.29 is 15.0 Å². The van der Waals surface area contributed by atoms with Gasteiger partial charge >= 0.3 is 0 Å². The molecule has 0 radical (unpaired) electrons. The van der Waals surface area contributed by atoms with Crippen LogP contribution >= 0.6 is 0 Å². The molecule has 3 nitrogen and oxygen atoms in total. The van der Waals surface area contributed by atoms with Crippen LogP contribution in [0.1, 0.15) is 22.0 Å². The summed E-state index contributed by atoms with van der Waals surface area (Å²) in [7, 11) is 0. The lowest BCUT2D eigenvalue weighted by molar-refractivity contribution is 0.0743. The lowest BCUT2D eigenvalue weighted by Crippen LogP contribution is -2.12. The molecule has 0 amide bonds. The lowest BCUT2D eigenvalue weighted by Gasteiger charge is -2.13. The van der Waals surface area contributed by atoms with Gasteiger partial charge in [-0.25, -0.2) is 0 Å². The first-order valence-corrected chi connectivity index (χ1v) is 6.66. The summed E-state index contributed by atoms with van der Waals surface area (Å²) in [4.78, 5) is 12.3. The van der Waals surface area contributed by atoms with Crippen molar-refractivity contribution in [3.63, 3.8) is 0 Å². The van der Waals surface area contributed by atoms with Gasteiger partial charge in [-0.1, -0.05) is 66.7 Å². The van der Waals surface area contributed by atoms with Gasteiger partial charge in [0.2, 0.25) is 0 Å². The van der Waals surface area contributed by atoms with E-state index in [1.54, 1.807) is 54.6 Å². The summed E-state index contributed by atoms with van der Waals surface area (Å²) < 4.78 is 0. The largest absolute Gasteiger partial charge is 0.507 e. The van der Waals surface area contributed by atoms with Gasteiger partial charge in [0.1, 0.15) is 11.9 Å². The molecule has 3 heteroatoms. The highest BCUT2D eigenvalue weighted by Gasteiger charge is 2.22. The first kappa shape index (κ1) is 13.3. The summed E-state index contributed by atoms with van der Waals surface area (Å²) in [6, 6.07) is 19.2. The van der Waals surface area contributed by atoms with E-state index in [9.17, 15) is 15.0 Å². The molecule has 3 aromatic carbocycles. The van der Waals surface area contributed by atoms with Gasteiger partial charge in [-0.05, 0) is 5.39 Å². The smallest absolute Gasteiger partial charge is 0.195 e. The fraction of sp³-hybridized carbons (Fsp3) is 0.0556. The average Bonchev–Trinajstić information content (AvgIpc) is 2.55. The normalized spacial score (nSPS) is 12.2. The van der Waals surface area contributed by atoms with E-state index < -0.39 is 11.9 Å². The van der Waals surface area contributed by atoms with E-state index in [1.165, 1.54) is 0 Å². The van der Waals surface area contributed by atoms with Crippen LogP contribution in [0.4, 0.5) is 0 Å². The van der Waals surface area contributed by atoms with Crippen LogP contribution in [0.2, 0.25) is 0 Å². The maximum atomic E-state index is 12.3. The molecule has 0 aliphatic heterocycles.